The second-order valence-corrected chi connectivity index (χ2v) is 18.8. The predicted octanol–water partition coefficient (Wildman–Crippen LogP) is 9.31. The molecule has 0 spiro atoms. The van der Waals surface area contributed by atoms with E-state index in [0.29, 0.717) is 40.3 Å². The zero-order valence-electron chi connectivity index (χ0n) is 27.4. The van der Waals surface area contributed by atoms with E-state index >= 15 is 0 Å². The molecule has 0 saturated heterocycles. The fourth-order valence-electron chi connectivity index (χ4n) is 5.08. The minimum atomic E-state index is -1.10. The van der Waals surface area contributed by atoms with Crippen LogP contribution in [-0.2, 0) is 11.3 Å². The van der Waals surface area contributed by atoms with Gasteiger partial charge in [0.1, 0.15) is 32.1 Å². The van der Waals surface area contributed by atoms with E-state index in [9.17, 15) is 13.6 Å². The Morgan fingerprint density at radius 2 is 1.33 bits per heavy atom. The molecule has 0 bridgehead atoms. The Balaban J connectivity index is 0.000000166. The van der Waals surface area contributed by atoms with Gasteiger partial charge in [-0.2, -0.15) is 0 Å². The Kier molecular flexibility index (Phi) is 11.2. The average Bonchev–Trinajstić information content (AvgIpc) is 3.24. The highest BCUT2D eigenvalue weighted by molar-refractivity contribution is 9.10. The van der Waals surface area contributed by atoms with Gasteiger partial charge in [-0.3, -0.25) is 19.3 Å². The van der Waals surface area contributed by atoms with Gasteiger partial charge in [-0.25, -0.2) is 13.8 Å². The first kappa shape index (κ1) is 35.8. The number of amides is 1. The van der Waals surface area contributed by atoms with Crippen molar-refractivity contribution in [3.63, 3.8) is 0 Å². The van der Waals surface area contributed by atoms with E-state index in [-0.39, 0.29) is 24.1 Å². The molecule has 0 unspecified atom stereocenters. The molecule has 0 saturated carbocycles. The first-order chi connectivity index (χ1) is 23.4. The number of rotatable bonds is 2. The number of hydrogen-bond acceptors (Lipinski definition) is 4. The summed E-state index contributed by atoms with van der Waals surface area (Å²) in [5.41, 5.74) is 9.01. The Morgan fingerprint density at radius 3 is 1.92 bits per heavy atom. The van der Waals surface area contributed by atoms with Crippen LogP contribution in [0.1, 0.15) is 33.8 Å². The molecule has 0 radical (unpaired) electrons. The van der Waals surface area contributed by atoms with Crippen LogP contribution >= 0.6 is 31.9 Å². The predicted molar refractivity (Wildman–Crippen MR) is 204 cm³/mol. The number of aromatic nitrogens is 2. The molecular formula is C38H33Br2F2N5OSi. The van der Waals surface area contributed by atoms with E-state index < -0.39 is 8.07 Å². The number of anilines is 1. The zero-order chi connectivity index (χ0) is 35.3. The fourth-order valence-corrected chi connectivity index (χ4v) is 5.81. The van der Waals surface area contributed by atoms with Crippen molar-refractivity contribution in [1.29, 1.82) is 0 Å². The van der Waals surface area contributed by atoms with E-state index in [0.717, 1.165) is 31.7 Å². The van der Waals surface area contributed by atoms with Crippen molar-refractivity contribution in [1.82, 2.24) is 9.55 Å². The van der Waals surface area contributed by atoms with Crippen molar-refractivity contribution in [3.8, 4) is 17.7 Å². The maximum absolute atomic E-state index is 14.3. The molecule has 1 N–H and O–H groups in total. The quantitative estimate of drug-likeness (QED) is 0.143. The smallest absolute Gasteiger partial charge is 0.246 e. The van der Waals surface area contributed by atoms with Crippen molar-refractivity contribution in [2.45, 2.75) is 33.1 Å². The first-order valence-electron chi connectivity index (χ1n) is 15.4. The third-order valence-electron chi connectivity index (χ3n) is 7.45. The molecule has 0 aliphatic carbocycles. The van der Waals surface area contributed by atoms with Crippen LogP contribution in [0.25, 0.3) is 5.69 Å². The number of aryl methyl sites for hydroxylation is 1. The maximum Gasteiger partial charge on any atom is 0.246 e. The van der Waals surface area contributed by atoms with E-state index in [1.807, 2.05) is 49.5 Å². The molecule has 0 atom stereocenters. The van der Waals surface area contributed by atoms with Crippen LogP contribution in [0.2, 0.25) is 19.6 Å². The van der Waals surface area contributed by atoms with Crippen molar-refractivity contribution in [3.05, 3.63) is 145 Å². The molecule has 2 aliphatic rings. The highest BCUT2D eigenvalue weighted by atomic mass is 79.9. The highest BCUT2D eigenvalue weighted by Crippen LogP contribution is 2.30. The Bertz CT molecular complexity index is 2150. The summed E-state index contributed by atoms with van der Waals surface area (Å²) in [6.45, 7) is 8.85. The van der Waals surface area contributed by atoms with Crippen LogP contribution in [0.5, 0.6) is 0 Å². The van der Waals surface area contributed by atoms with Crippen molar-refractivity contribution in [2.24, 2.45) is 9.98 Å². The minimum Gasteiger partial charge on any atom is -0.324 e. The minimum absolute atomic E-state index is 0.0179. The molecule has 6 nitrogen and oxygen atoms in total. The number of nitrogens with one attached hydrogen (secondary N) is 1. The van der Waals surface area contributed by atoms with E-state index in [1.54, 1.807) is 36.4 Å². The third-order valence-corrected chi connectivity index (χ3v) is 9.30. The summed E-state index contributed by atoms with van der Waals surface area (Å²) in [6, 6.07) is 24.6. The SMILES string of the molecule is C#C[Si](C)(C)C.Cc1ncc2n1-c1ccc(Br)cc1C(c1ccccc1F)=NC2.O=C1CN=C(c2ccccc2F)c2cc(Br)ccc2N1. The summed E-state index contributed by atoms with van der Waals surface area (Å²) < 4.78 is 32.2. The number of carbonyl (C=O) groups is 1. The van der Waals surface area contributed by atoms with Gasteiger partial charge < -0.3 is 5.32 Å². The summed E-state index contributed by atoms with van der Waals surface area (Å²) in [5.74, 6) is 0.0681. The monoisotopic (exact) mass is 799 g/mol. The van der Waals surface area contributed by atoms with Gasteiger partial charge >= 0.3 is 0 Å². The van der Waals surface area contributed by atoms with Gasteiger partial charge in [0.25, 0.3) is 0 Å². The third kappa shape index (κ3) is 8.57. The van der Waals surface area contributed by atoms with Gasteiger partial charge in [0.15, 0.2) is 0 Å². The molecular weight excluding hydrogens is 768 g/mol. The maximum atomic E-state index is 14.3. The molecule has 49 heavy (non-hydrogen) atoms. The second-order valence-electron chi connectivity index (χ2n) is 12.2. The largest absolute Gasteiger partial charge is 0.324 e. The number of halogens is 4. The topological polar surface area (TPSA) is 71.6 Å². The lowest BCUT2D eigenvalue weighted by Crippen LogP contribution is -2.15. The number of terminal acetylenes is 1. The molecule has 5 aromatic rings. The molecule has 1 aromatic heterocycles. The summed E-state index contributed by atoms with van der Waals surface area (Å²) in [5, 5.41) is 2.77. The number of benzene rings is 4. The lowest BCUT2D eigenvalue weighted by Gasteiger charge is -2.14. The van der Waals surface area contributed by atoms with Crippen LogP contribution in [0, 0.1) is 30.5 Å². The Labute approximate surface area is 302 Å². The van der Waals surface area contributed by atoms with Gasteiger partial charge in [0, 0.05) is 31.2 Å². The number of imidazole rings is 1. The molecule has 7 rings (SSSR count). The molecule has 11 heteroatoms. The summed E-state index contributed by atoms with van der Waals surface area (Å²) >= 11 is 6.90. The van der Waals surface area contributed by atoms with Crippen molar-refractivity contribution in [2.75, 3.05) is 11.9 Å². The number of fused-ring (bicyclic) bond motifs is 4. The second kappa shape index (κ2) is 15.4. The normalized spacial score (nSPS) is 13.2. The molecule has 248 valence electrons. The van der Waals surface area contributed by atoms with Gasteiger partial charge in [-0.1, -0.05) is 75.8 Å². The molecule has 4 aromatic carbocycles. The standard InChI is InChI=1S/C18H13BrFN3.C15H10BrFN2O.C5H10Si/c1-11-21-9-13-10-22-18(14-4-2-3-5-16(14)20)15-8-12(19)6-7-17(15)23(11)13;16-9-5-6-13-11(7-9)15(18-8-14(20)19-13)10-3-1-2-4-12(10)17;1-5-6(2,3)4/h2-9H,10H2,1H3;1-7H,8H2,(H,19,20);1H,2-4H3. The Hall–Kier alpha value is -4.50. The fraction of sp³-hybridized carbons (Fsp3) is 0.158. The van der Waals surface area contributed by atoms with Gasteiger partial charge in [0.05, 0.1) is 41.2 Å². The lowest BCUT2D eigenvalue weighted by molar-refractivity contribution is -0.114. The summed E-state index contributed by atoms with van der Waals surface area (Å²) in [7, 11) is -1.10. The van der Waals surface area contributed by atoms with Crippen LogP contribution < -0.4 is 5.32 Å². The summed E-state index contributed by atoms with van der Waals surface area (Å²) in [6.07, 6.45) is 6.95. The number of nitrogens with zero attached hydrogens (tertiary/aromatic N) is 4. The van der Waals surface area contributed by atoms with Crippen molar-refractivity contribution < 1.29 is 13.6 Å². The zero-order valence-corrected chi connectivity index (χ0v) is 31.5. The van der Waals surface area contributed by atoms with Crippen LogP contribution in [-0.4, -0.2) is 41.5 Å². The number of hydrogen-bond donors (Lipinski definition) is 1. The van der Waals surface area contributed by atoms with Gasteiger partial charge in [-0.05, 0) is 67.6 Å². The first-order valence-corrected chi connectivity index (χ1v) is 20.4. The van der Waals surface area contributed by atoms with Gasteiger partial charge in [-0.15, -0.1) is 12.0 Å². The van der Waals surface area contributed by atoms with Crippen LogP contribution in [0.3, 0.4) is 0 Å². The number of carbonyl (C=O) groups excluding carboxylic acids is 1. The molecule has 2 aliphatic heterocycles. The van der Waals surface area contributed by atoms with E-state index in [2.05, 4.69) is 81.9 Å². The Morgan fingerprint density at radius 1 is 0.796 bits per heavy atom. The molecule has 0 fully saturated rings. The van der Waals surface area contributed by atoms with E-state index in [4.69, 9.17) is 6.42 Å². The van der Waals surface area contributed by atoms with Crippen LogP contribution in [0.15, 0.2) is 110 Å². The highest BCUT2D eigenvalue weighted by Gasteiger charge is 2.23. The average molecular weight is 802 g/mol. The van der Waals surface area contributed by atoms with Crippen LogP contribution in [0.4, 0.5) is 14.5 Å². The lowest BCUT2D eigenvalue weighted by atomic mass is 10.00. The van der Waals surface area contributed by atoms with Gasteiger partial charge in [0.2, 0.25) is 5.91 Å². The molecule has 1 amide bonds. The number of aliphatic imine (C=N–C) groups is 2. The van der Waals surface area contributed by atoms with Crippen molar-refractivity contribution >= 4 is 63.0 Å². The molecule has 3 heterocycles. The number of benzodiazepines with no additional fused rings is 1. The summed E-state index contributed by atoms with van der Waals surface area (Å²) in [4.78, 5) is 25.0. The van der Waals surface area contributed by atoms with E-state index in [1.165, 1.54) is 12.1 Å².